The molecule has 0 unspecified atom stereocenters. The van der Waals surface area contributed by atoms with Gasteiger partial charge in [0, 0.05) is 36.6 Å². The van der Waals surface area contributed by atoms with Crippen LogP contribution in [0.2, 0.25) is 5.28 Å². The molecule has 164 valence electrons. The number of H-pyrrole nitrogens is 1. The van der Waals surface area contributed by atoms with Gasteiger partial charge in [0.05, 0.1) is 29.5 Å². The quantitative estimate of drug-likeness (QED) is 0.571. The highest BCUT2D eigenvalue weighted by atomic mass is 35.5. The second-order valence-electron chi connectivity index (χ2n) is 8.20. The Hall–Kier alpha value is -3.04. The fourth-order valence-electron chi connectivity index (χ4n) is 4.30. The molecule has 0 spiro atoms. The van der Waals surface area contributed by atoms with Gasteiger partial charge < -0.3 is 19.8 Å². The Bertz CT molecular complexity index is 1260. The van der Waals surface area contributed by atoms with Crippen LogP contribution >= 0.6 is 11.6 Å². The van der Waals surface area contributed by atoms with Crippen LogP contribution in [0.25, 0.3) is 11.3 Å². The Kier molecular flexibility index (Phi) is 4.62. The number of aromatic nitrogens is 4. The highest BCUT2D eigenvalue weighted by Gasteiger charge is 2.32. The third kappa shape index (κ3) is 3.32. The van der Waals surface area contributed by atoms with Gasteiger partial charge in [-0.05, 0) is 48.4 Å². The highest BCUT2D eigenvalue weighted by molar-refractivity contribution is 6.28. The molecule has 0 bridgehead atoms. The number of hydrogen-bond acceptors (Lipinski definition) is 6. The summed E-state index contributed by atoms with van der Waals surface area (Å²) in [5.74, 6) is -0.824. The maximum absolute atomic E-state index is 15.7. The van der Waals surface area contributed by atoms with Crippen LogP contribution < -0.4 is 10.1 Å². The van der Waals surface area contributed by atoms with E-state index in [0.717, 1.165) is 29.7 Å². The molecule has 2 N–H and O–H groups in total. The van der Waals surface area contributed by atoms with E-state index < -0.39 is 5.82 Å². The van der Waals surface area contributed by atoms with E-state index in [4.69, 9.17) is 21.1 Å². The first-order valence-corrected chi connectivity index (χ1v) is 11.0. The first kappa shape index (κ1) is 19.6. The summed E-state index contributed by atoms with van der Waals surface area (Å²) in [6.07, 6.45) is 7.31. The van der Waals surface area contributed by atoms with E-state index in [2.05, 4.69) is 25.3 Å². The molecule has 1 aliphatic heterocycles. The van der Waals surface area contributed by atoms with Crippen molar-refractivity contribution in [3.8, 4) is 23.0 Å². The Morgan fingerprint density at radius 2 is 2.00 bits per heavy atom. The van der Waals surface area contributed by atoms with E-state index in [0.29, 0.717) is 48.2 Å². The molecule has 8 nitrogen and oxygen atoms in total. The lowest BCUT2D eigenvalue weighted by molar-refractivity contribution is 0.0945. The fraction of sp³-hybridized carbons (Fsp3) is 0.364. The van der Waals surface area contributed by atoms with Crippen LogP contribution in [0.3, 0.4) is 0 Å². The van der Waals surface area contributed by atoms with Crippen LogP contribution in [0.5, 0.6) is 11.8 Å². The van der Waals surface area contributed by atoms with E-state index in [-0.39, 0.29) is 35.7 Å². The number of nitrogens with zero attached hydrogens (tertiary/aromatic N) is 3. The third-order valence-electron chi connectivity index (χ3n) is 6.02. The van der Waals surface area contributed by atoms with Crippen molar-refractivity contribution in [2.24, 2.45) is 0 Å². The minimum atomic E-state index is -0.605. The molecule has 10 heteroatoms. The standard InChI is InChI=1S/C22H19ClFN5O3/c23-22-27-8-11(9-31-12-2-3-12)20(29-22)32-21-17(24)15-10(7-26-21)1-4-13-16-14(28-18(13)15)5-6-25-19(16)30/h7-8,12,28H,1-6,9H2,(H,25,30). The average Bonchev–Trinajstić information content (AvgIpc) is 3.53. The van der Waals surface area contributed by atoms with Crippen LogP contribution in [-0.4, -0.2) is 38.5 Å². The van der Waals surface area contributed by atoms with Gasteiger partial charge in [-0.25, -0.2) is 14.4 Å². The molecule has 32 heavy (non-hydrogen) atoms. The summed E-state index contributed by atoms with van der Waals surface area (Å²) >= 11 is 5.95. The normalized spacial score (nSPS) is 16.8. The van der Waals surface area contributed by atoms with Crippen LogP contribution in [0.1, 0.15) is 45.6 Å². The molecule has 3 aromatic rings. The molecule has 3 aliphatic rings. The second-order valence-corrected chi connectivity index (χ2v) is 8.54. The predicted molar refractivity (Wildman–Crippen MR) is 112 cm³/mol. The third-order valence-corrected chi connectivity index (χ3v) is 6.20. The van der Waals surface area contributed by atoms with Crippen molar-refractivity contribution >= 4 is 17.5 Å². The van der Waals surface area contributed by atoms with Crippen molar-refractivity contribution < 1.29 is 18.7 Å². The first-order valence-electron chi connectivity index (χ1n) is 10.6. The van der Waals surface area contributed by atoms with Gasteiger partial charge in [-0.3, -0.25) is 4.79 Å². The van der Waals surface area contributed by atoms with Crippen molar-refractivity contribution in [2.45, 2.75) is 44.8 Å². The molecule has 1 saturated carbocycles. The monoisotopic (exact) mass is 455 g/mol. The van der Waals surface area contributed by atoms with Crippen molar-refractivity contribution in [3.63, 3.8) is 0 Å². The van der Waals surface area contributed by atoms with Gasteiger partial charge in [0.2, 0.25) is 11.2 Å². The lowest BCUT2D eigenvalue weighted by Crippen LogP contribution is -2.32. The summed E-state index contributed by atoms with van der Waals surface area (Å²) in [6, 6.07) is 0. The smallest absolute Gasteiger partial charge is 0.258 e. The summed E-state index contributed by atoms with van der Waals surface area (Å²) in [6.45, 7) is 0.803. The molecule has 0 radical (unpaired) electrons. The molecule has 1 amide bonds. The lowest BCUT2D eigenvalue weighted by atomic mass is 9.88. The highest BCUT2D eigenvalue weighted by Crippen LogP contribution is 2.41. The minimum absolute atomic E-state index is 0.0149. The minimum Gasteiger partial charge on any atom is -0.417 e. The number of nitrogens with one attached hydrogen (secondary N) is 2. The number of amides is 1. The zero-order chi connectivity index (χ0) is 21.8. The van der Waals surface area contributed by atoms with Gasteiger partial charge in [0.1, 0.15) is 0 Å². The lowest BCUT2D eigenvalue weighted by Gasteiger charge is -2.19. The number of pyridine rings is 1. The van der Waals surface area contributed by atoms with Crippen molar-refractivity contribution in [1.82, 2.24) is 25.3 Å². The van der Waals surface area contributed by atoms with Crippen LogP contribution in [-0.2, 0) is 30.6 Å². The number of carbonyl (C=O) groups excluding carboxylic acids is 1. The summed E-state index contributed by atoms with van der Waals surface area (Å²) in [7, 11) is 0. The second kappa shape index (κ2) is 7.53. The Morgan fingerprint density at radius 3 is 2.84 bits per heavy atom. The van der Waals surface area contributed by atoms with Crippen LogP contribution in [0, 0.1) is 5.82 Å². The van der Waals surface area contributed by atoms with Gasteiger partial charge in [0.25, 0.3) is 11.8 Å². The molecular weight excluding hydrogens is 437 g/mol. The number of aryl methyl sites for hydroxylation is 1. The van der Waals surface area contributed by atoms with Crippen LogP contribution in [0.15, 0.2) is 12.4 Å². The number of halogens is 2. The molecule has 0 aromatic carbocycles. The number of hydrogen-bond donors (Lipinski definition) is 2. The predicted octanol–water partition coefficient (Wildman–Crippen LogP) is 3.52. The summed E-state index contributed by atoms with van der Waals surface area (Å²) in [5.41, 5.74) is 4.65. The molecule has 2 aliphatic carbocycles. The molecule has 3 aromatic heterocycles. The fourth-order valence-corrected chi connectivity index (χ4v) is 4.42. The molecular formula is C22H19ClFN5O3. The van der Waals surface area contributed by atoms with Crippen molar-refractivity contribution in [3.05, 3.63) is 51.4 Å². The van der Waals surface area contributed by atoms with Crippen LogP contribution in [0.4, 0.5) is 4.39 Å². The summed E-state index contributed by atoms with van der Waals surface area (Å²) in [5, 5.41) is 2.85. The molecule has 4 heterocycles. The van der Waals surface area contributed by atoms with Crippen molar-refractivity contribution in [1.29, 1.82) is 0 Å². The van der Waals surface area contributed by atoms with Gasteiger partial charge in [-0.15, -0.1) is 0 Å². The topological polar surface area (TPSA) is 102 Å². The number of aromatic amines is 1. The van der Waals surface area contributed by atoms with E-state index in [9.17, 15) is 4.79 Å². The van der Waals surface area contributed by atoms with Crippen molar-refractivity contribution in [2.75, 3.05) is 6.54 Å². The van der Waals surface area contributed by atoms with E-state index in [1.165, 1.54) is 6.20 Å². The maximum Gasteiger partial charge on any atom is 0.258 e. The number of carbonyl (C=O) groups is 1. The van der Waals surface area contributed by atoms with Gasteiger partial charge in [-0.1, -0.05) is 0 Å². The Morgan fingerprint density at radius 1 is 1.12 bits per heavy atom. The Balaban J connectivity index is 1.39. The zero-order valence-electron chi connectivity index (χ0n) is 17.0. The molecule has 0 saturated heterocycles. The number of rotatable bonds is 5. The Labute approximate surface area is 187 Å². The van der Waals surface area contributed by atoms with E-state index in [1.54, 1.807) is 6.20 Å². The summed E-state index contributed by atoms with van der Waals surface area (Å²) in [4.78, 5) is 28.0. The SMILES string of the molecule is O=C1NCCc2[nH]c3c(c21)CCc1cnc(Oc2nc(Cl)ncc2COC2CC2)c(F)c1-3. The molecule has 1 fully saturated rings. The largest absolute Gasteiger partial charge is 0.417 e. The first-order chi connectivity index (χ1) is 15.6. The zero-order valence-corrected chi connectivity index (χ0v) is 17.8. The van der Waals surface area contributed by atoms with Gasteiger partial charge >= 0.3 is 0 Å². The molecule has 0 atom stereocenters. The summed E-state index contributed by atoms with van der Waals surface area (Å²) < 4.78 is 27.2. The van der Waals surface area contributed by atoms with E-state index >= 15 is 4.39 Å². The maximum atomic E-state index is 15.7. The van der Waals surface area contributed by atoms with E-state index in [1.807, 2.05) is 0 Å². The van der Waals surface area contributed by atoms with Gasteiger partial charge in [0.15, 0.2) is 5.82 Å². The van der Waals surface area contributed by atoms with Gasteiger partial charge in [-0.2, -0.15) is 4.98 Å². The average molecular weight is 456 g/mol. The number of fused-ring (bicyclic) bond motifs is 5. The number of ether oxygens (including phenoxy) is 2. The molecule has 6 rings (SSSR count).